The third-order valence-electron chi connectivity index (χ3n) is 9.82. The summed E-state index contributed by atoms with van der Waals surface area (Å²) in [6.45, 7) is 11.2. The first-order chi connectivity index (χ1) is 13.2. The van der Waals surface area contributed by atoms with E-state index >= 15 is 0 Å². The van der Waals surface area contributed by atoms with Crippen LogP contribution in [0.25, 0.3) is 0 Å². The van der Waals surface area contributed by atoms with Crippen molar-refractivity contribution in [1.29, 1.82) is 0 Å². The zero-order valence-corrected chi connectivity index (χ0v) is 19.4. The van der Waals surface area contributed by atoms with Crippen molar-refractivity contribution in [3.63, 3.8) is 0 Å². The predicted molar refractivity (Wildman–Crippen MR) is 114 cm³/mol. The van der Waals surface area contributed by atoms with Crippen molar-refractivity contribution in [2.24, 2.45) is 39.9 Å². The summed E-state index contributed by atoms with van der Waals surface area (Å²) >= 11 is 2.18. The van der Waals surface area contributed by atoms with Crippen molar-refractivity contribution in [3.8, 4) is 0 Å². The summed E-state index contributed by atoms with van der Waals surface area (Å²) in [6, 6.07) is 0. The third-order valence-corrected chi connectivity index (χ3v) is 10.9. The summed E-state index contributed by atoms with van der Waals surface area (Å²) < 4.78 is 19.6. The lowest BCUT2D eigenvalue weighted by atomic mass is 9.46. The smallest absolute Gasteiger partial charge is 0.173 e. The van der Waals surface area contributed by atoms with E-state index < -0.39 is 0 Å². The molecule has 3 saturated carbocycles. The zero-order valence-electron chi connectivity index (χ0n) is 18.6. The summed E-state index contributed by atoms with van der Waals surface area (Å²) in [4.78, 5) is 0. The fraction of sp³-hybridized carbons (Fsp3) is 1.00. The Morgan fingerprint density at radius 2 is 1.71 bits per heavy atom. The lowest BCUT2D eigenvalue weighted by molar-refractivity contribution is -0.353. The molecule has 0 aromatic heterocycles. The molecule has 3 aliphatic carbocycles. The van der Waals surface area contributed by atoms with Gasteiger partial charge in [-0.25, -0.2) is 0 Å². The molecule has 0 bridgehead atoms. The molecule has 0 amide bonds. The van der Waals surface area contributed by atoms with E-state index in [4.69, 9.17) is 14.2 Å². The second kappa shape index (κ2) is 6.61. The van der Waals surface area contributed by atoms with E-state index in [2.05, 4.69) is 39.5 Å². The topological polar surface area (TPSA) is 27.7 Å². The van der Waals surface area contributed by atoms with Crippen molar-refractivity contribution >= 4 is 11.8 Å². The Labute approximate surface area is 176 Å². The van der Waals surface area contributed by atoms with Gasteiger partial charge in [0.25, 0.3) is 0 Å². The molecule has 28 heavy (non-hydrogen) atoms. The van der Waals surface area contributed by atoms with E-state index in [0.29, 0.717) is 17.4 Å². The van der Waals surface area contributed by atoms with Gasteiger partial charge in [-0.1, -0.05) is 27.7 Å². The highest BCUT2D eigenvalue weighted by atomic mass is 32.2. The van der Waals surface area contributed by atoms with Gasteiger partial charge in [0.1, 0.15) is 0 Å². The van der Waals surface area contributed by atoms with Crippen LogP contribution in [-0.4, -0.2) is 43.7 Å². The third kappa shape index (κ3) is 2.66. The Morgan fingerprint density at radius 3 is 2.43 bits per heavy atom. The number of hydrogen-bond donors (Lipinski definition) is 0. The molecule has 2 aliphatic heterocycles. The summed E-state index contributed by atoms with van der Waals surface area (Å²) in [5.74, 6) is 5.41. The van der Waals surface area contributed by atoms with Gasteiger partial charge in [0.15, 0.2) is 5.79 Å². The van der Waals surface area contributed by atoms with E-state index in [1.165, 1.54) is 37.2 Å². The zero-order chi connectivity index (χ0) is 19.8. The van der Waals surface area contributed by atoms with Crippen LogP contribution in [0.3, 0.4) is 0 Å². The minimum absolute atomic E-state index is 0.0813. The number of thioether (sulfide) groups is 1. The van der Waals surface area contributed by atoms with Crippen molar-refractivity contribution in [2.75, 3.05) is 31.8 Å². The lowest BCUT2D eigenvalue weighted by Gasteiger charge is -2.63. The maximum Gasteiger partial charge on any atom is 0.173 e. The summed E-state index contributed by atoms with van der Waals surface area (Å²) in [6.07, 6.45) is 7.95. The second-order valence-electron chi connectivity index (χ2n) is 11.8. The summed E-state index contributed by atoms with van der Waals surface area (Å²) in [7, 11) is 1.96. The Balaban J connectivity index is 1.49. The molecule has 7 atom stereocenters. The van der Waals surface area contributed by atoms with Crippen LogP contribution < -0.4 is 0 Å². The van der Waals surface area contributed by atoms with Gasteiger partial charge in [-0.05, 0) is 72.7 Å². The Bertz CT molecular complexity index is 611. The highest BCUT2D eigenvalue weighted by Crippen LogP contribution is 2.69. The van der Waals surface area contributed by atoms with Crippen molar-refractivity contribution in [2.45, 2.75) is 78.1 Å². The first kappa shape index (κ1) is 20.2. The molecule has 2 saturated heterocycles. The van der Waals surface area contributed by atoms with E-state index in [0.717, 1.165) is 43.8 Å². The average molecular weight is 409 g/mol. The lowest BCUT2D eigenvalue weighted by Crippen LogP contribution is -2.64. The van der Waals surface area contributed by atoms with Crippen LogP contribution in [0.2, 0.25) is 0 Å². The van der Waals surface area contributed by atoms with Gasteiger partial charge in [0, 0.05) is 24.4 Å². The first-order valence-electron chi connectivity index (χ1n) is 11.6. The van der Waals surface area contributed by atoms with Crippen LogP contribution in [0, 0.1) is 39.9 Å². The molecule has 0 N–H and O–H groups in total. The maximum atomic E-state index is 6.64. The Hall–Kier alpha value is 0.230. The van der Waals surface area contributed by atoms with Crippen molar-refractivity contribution in [3.05, 3.63) is 0 Å². The molecule has 4 heteroatoms. The Morgan fingerprint density at radius 1 is 0.964 bits per heavy atom. The Kier molecular flexibility index (Phi) is 4.76. The van der Waals surface area contributed by atoms with Gasteiger partial charge in [-0.2, -0.15) is 11.8 Å². The molecule has 160 valence electrons. The van der Waals surface area contributed by atoms with Crippen molar-refractivity contribution < 1.29 is 14.2 Å². The van der Waals surface area contributed by atoms with E-state index in [9.17, 15) is 0 Å². The molecule has 0 radical (unpaired) electrons. The van der Waals surface area contributed by atoms with Crippen LogP contribution in [0.5, 0.6) is 0 Å². The number of rotatable bonds is 1. The fourth-order valence-electron chi connectivity index (χ4n) is 8.16. The molecule has 0 unspecified atom stereocenters. The molecule has 3 nitrogen and oxygen atoms in total. The highest BCUT2D eigenvalue weighted by Gasteiger charge is 2.69. The number of ether oxygens (including phenoxy) is 3. The van der Waals surface area contributed by atoms with Gasteiger partial charge in [-0.15, -0.1) is 0 Å². The van der Waals surface area contributed by atoms with Gasteiger partial charge in [-0.3, -0.25) is 0 Å². The molecule has 1 spiro atoms. The SMILES string of the molecule is CO[C@H]1C[C@@]2(C)[C@@H](CCC23OCC(C)(C)CO3)[C@@H]2CC[C@H]3CSCC[C@]3(C)[C@H]21. The fourth-order valence-corrected chi connectivity index (χ4v) is 9.74. The van der Waals surface area contributed by atoms with E-state index in [-0.39, 0.29) is 16.6 Å². The van der Waals surface area contributed by atoms with Gasteiger partial charge >= 0.3 is 0 Å². The van der Waals surface area contributed by atoms with Crippen LogP contribution in [0.1, 0.15) is 66.2 Å². The molecule has 5 rings (SSSR count). The highest BCUT2D eigenvalue weighted by molar-refractivity contribution is 7.99. The van der Waals surface area contributed by atoms with Crippen LogP contribution in [0.15, 0.2) is 0 Å². The quantitative estimate of drug-likeness (QED) is 0.582. The number of methoxy groups -OCH3 is 1. The number of hydrogen-bond acceptors (Lipinski definition) is 4. The largest absolute Gasteiger partial charge is 0.381 e. The minimum Gasteiger partial charge on any atom is -0.381 e. The summed E-state index contributed by atoms with van der Waals surface area (Å²) in [5, 5.41) is 0. The normalized spacial score (nSPS) is 52.0. The molecule has 5 aliphatic rings. The van der Waals surface area contributed by atoms with Gasteiger partial charge < -0.3 is 14.2 Å². The van der Waals surface area contributed by atoms with Crippen molar-refractivity contribution in [1.82, 2.24) is 0 Å². The first-order valence-corrected chi connectivity index (χ1v) is 12.8. The average Bonchev–Trinajstić information content (AvgIpc) is 2.95. The monoisotopic (exact) mass is 408 g/mol. The van der Waals surface area contributed by atoms with Crippen LogP contribution in [0.4, 0.5) is 0 Å². The number of fused-ring (bicyclic) bond motifs is 6. The van der Waals surface area contributed by atoms with Gasteiger partial charge in [0.2, 0.25) is 0 Å². The standard InChI is InChI=1S/C24H40O3S/c1-21(2)14-26-24(27-15-21)9-8-18-17-7-6-16-13-28-11-10-22(16,3)20(17)19(25-5)12-23(18,24)4/h16-20H,6-15H2,1-5H3/t16-,17-,18-,19-,20+,22-,23-/m0/s1. The minimum atomic E-state index is -0.380. The van der Waals surface area contributed by atoms with Crippen LogP contribution in [-0.2, 0) is 14.2 Å². The molecular formula is C24H40O3S. The second-order valence-corrected chi connectivity index (χ2v) is 13.0. The van der Waals surface area contributed by atoms with Crippen LogP contribution >= 0.6 is 11.8 Å². The molecular weight excluding hydrogens is 368 g/mol. The molecule has 5 fully saturated rings. The summed E-state index contributed by atoms with van der Waals surface area (Å²) in [5.41, 5.74) is 0.670. The predicted octanol–water partition coefficient (Wildman–Crippen LogP) is 5.38. The molecule has 0 aromatic rings. The maximum absolute atomic E-state index is 6.64. The van der Waals surface area contributed by atoms with E-state index in [1.54, 1.807) is 0 Å². The van der Waals surface area contributed by atoms with E-state index in [1.807, 2.05) is 7.11 Å². The molecule has 2 heterocycles. The molecule has 0 aromatic carbocycles. The van der Waals surface area contributed by atoms with Gasteiger partial charge in [0.05, 0.1) is 19.3 Å².